The predicted octanol–water partition coefficient (Wildman–Crippen LogP) is 2.37. The first-order chi connectivity index (χ1) is 11.1. The van der Waals surface area contributed by atoms with Crippen LogP contribution in [0.25, 0.3) is 11.1 Å². The van der Waals surface area contributed by atoms with Crippen LogP contribution in [-0.2, 0) is 4.79 Å². The second-order valence-corrected chi connectivity index (χ2v) is 6.56. The third-order valence-electron chi connectivity index (χ3n) is 4.72. The topological polar surface area (TPSA) is 78.3 Å². The summed E-state index contributed by atoms with van der Waals surface area (Å²) in [5.74, 6) is -0.206. The predicted molar refractivity (Wildman–Crippen MR) is 86.6 cm³/mol. The third-order valence-corrected chi connectivity index (χ3v) is 4.90. The van der Waals surface area contributed by atoms with E-state index in [0.29, 0.717) is 11.1 Å². The first-order valence-corrected chi connectivity index (χ1v) is 8.26. The number of carbonyl (C=O) groups is 2. The third kappa shape index (κ3) is 2.55. The van der Waals surface area contributed by atoms with Gasteiger partial charge in [-0.05, 0) is 43.3 Å². The summed E-state index contributed by atoms with van der Waals surface area (Å²) < 4.78 is 5.38. The molecule has 1 aromatic heterocycles. The van der Waals surface area contributed by atoms with Gasteiger partial charge in [-0.1, -0.05) is 12.8 Å². The largest absolute Gasteiger partial charge is 0.429 e. The summed E-state index contributed by atoms with van der Waals surface area (Å²) in [6.45, 7) is 0.120. The average molecular weight is 331 g/mol. The first-order valence-electron chi connectivity index (χ1n) is 7.85. The molecule has 4 rings (SSSR count). The van der Waals surface area contributed by atoms with Crippen LogP contribution in [0.5, 0.6) is 0 Å². The number of carbonyl (C=O) groups excluding carboxylic acids is 2. The molecule has 0 radical (unpaired) electrons. The van der Waals surface area contributed by atoms with Gasteiger partial charge in [0.1, 0.15) is 6.54 Å². The molecule has 0 unspecified atom stereocenters. The van der Waals surface area contributed by atoms with Gasteiger partial charge in [-0.3, -0.25) is 9.59 Å². The molecule has 1 aliphatic carbocycles. The minimum Gasteiger partial charge on any atom is -0.429 e. The zero-order valence-electron chi connectivity index (χ0n) is 12.5. The van der Waals surface area contributed by atoms with Crippen LogP contribution in [0.15, 0.2) is 22.6 Å². The smallest absolute Gasteiger partial charge is 0.266 e. The Morgan fingerprint density at radius 2 is 2.13 bits per heavy atom. The summed E-state index contributed by atoms with van der Waals surface area (Å²) in [6, 6.07) is 5.38. The number of fused-ring (bicyclic) bond motifs is 2. The van der Waals surface area contributed by atoms with Crippen LogP contribution in [0.2, 0.25) is 0 Å². The molecule has 2 fully saturated rings. The van der Waals surface area contributed by atoms with E-state index in [4.69, 9.17) is 16.6 Å². The number of aromatic amines is 1. The number of hydrogen-bond donors (Lipinski definition) is 2. The van der Waals surface area contributed by atoms with E-state index in [9.17, 15) is 9.59 Å². The van der Waals surface area contributed by atoms with Crippen LogP contribution >= 0.6 is 12.2 Å². The maximum Gasteiger partial charge on any atom is 0.266 e. The number of oxazole rings is 1. The SMILES string of the molecule is O=C1CN(C(=O)c2ccc3[nH]c(=S)oc3c2)[C@H]2CCCC[C@@H]2N1. The molecule has 2 N–H and O–H groups in total. The molecule has 120 valence electrons. The van der Waals surface area contributed by atoms with Crippen LogP contribution in [0, 0.1) is 4.84 Å². The lowest BCUT2D eigenvalue weighted by atomic mass is 9.87. The Kier molecular flexibility index (Phi) is 3.45. The number of nitrogens with one attached hydrogen (secondary N) is 2. The minimum absolute atomic E-state index is 0.0777. The molecule has 2 heterocycles. The van der Waals surface area contributed by atoms with Crippen molar-refractivity contribution in [2.24, 2.45) is 0 Å². The van der Waals surface area contributed by atoms with E-state index >= 15 is 0 Å². The number of rotatable bonds is 1. The summed E-state index contributed by atoms with van der Waals surface area (Å²) in [7, 11) is 0. The Labute approximate surface area is 137 Å². The van der Waals surface area contributed by atoms with Crippen molar-refractivity contribution in [3.05, 3.63) is 28.6 Å². The second kappa shape index (κ2) is 5.49. The summed E-state index contributed by atoms with van der Waals surface area (Å²) in [5, 5.41) is 3.02. The van der Waals surface area contributed by atoms with Gasteiger partial charge in [0.25, 0.3) is 10.7 Å². The standard InChI is InChI=1S/C16H17N3O3S/c20-14-8-19(12-4-2-1-3-10(12)17-14)15(21)9-5-6-11-13(7-9)22-16(23)18-11/h5-7,10,12H,1-4,8H2,(H,17,20)(H,18,23)/t10-,12-/m0/s1. The van der Waals surface area contributed by atoms with E-state index < -0.39 is 0 Å². The number of benzene rings is 1. The highest BCUT2D eigenvalue weighted by Gasteiger charge is 2.39. The van der Waals surface area contributed by atoms with Crippen molar-refractivity contribution in [2.75, 3.05) is 6.54 Å². The van der Waals surface area contributed by atoms with Gasteiger partial charge in [0, 0.05) is 11.6 Å². The first kappa shape index (κ1) is 14.4. The highest BCUT2D eigenvalue weighted by atomic mass is 32.1. The highest BCUT2D eigenvalue weighted by molar-refractivity contribution is 7.71. The maximum absolute atomic E-state index is 12.9. The Bertz CT molecular complexity index is 840. The average Bonchev–Trinajstić information content (AvgIpc) is 2.92. The summed E-state index contributed by atoms with van der Waals surface area (Å²) >= 11 is 4.97. The maximum atomic E-state index is 12.9. The summed E-state index contributed by atoms with van der Waals surface area (Å²) in [5.41, 5.74) is 1.84. The molecule has 0 bridgehead atoms. The Hall–Kier alpha value is -2.15. The van der Waals surface area contributed by atoms with Crippen LogP contribution in [0.4, 0.5) is 0 Å². The normalized spacial score (nSPS) is 24.3. The van der Waals surface area contributed by atoms with Gasteiger partial charge in [-0.2, -0.15) is 0 Å². The lowest BCUT2D eigenvalue weighted by Crippen LogP contribution is -2.62. The molecule has 2 aromatic rings. The number of amides is 2. The van der Waals surface area contributed by atoms with E-state index in [2.05, 4.69) is 10.3 Å². The summed E-state index contributed by atoms with van der Waals surface area (Å²) in [4.78, 5) is 29.8. The highest BCUT2D eigenvalue weighted by Crippen LogP contribution is 2.27. The zero-order valence-corrected chi connectivity index (χ0v) is 13.3. The van der Waals surface area contributed by atoms with Crippen molar-refractivity contribution in [2.45, 2.75) is 37.8 Å². The fraction of sp³-hybridized carbons (Fsp3) is 0.438. The summed E-state index contributed by atoms with van der Waals surface area (Å²) in [6.07, 6.45) is 4.06. The van der Waals surface area contributed by atoms with Crippen molar-refractivity contribution < 1.29 is 14.0 Å². The fourth-order valence-corrected chi connectivity index (χ4v) is 3.84. The van der Waals surface area contributed by atoms with Crippen molar-refractivity contribution in [3.63, 3.8) is 0 Å². The van der Waals surface area contributed by atoms with Crippen molar-refractivity contribution >= 4 is 35.1 Å². The van der Waals surface area contributed by atoms with Gasteiger partial charge in [-0.15, -0.1) is 0 Å². The van der Waals surface area contributed by atoms with Crippen molar-refractivity contribution in [1.29, 1.82) is 0 Å². The lowest BCUT2D eigenvalue weighted by molar-refractivity contribution is -0.127. The number of aromatic nitrogens is 1. The molecule has 2 aliphatic rings. The van der Waals surface area contributed by atoms with Crippen LogP contribution in [0.1, 0.15) is 36.0 Å². The van der Waals surface area contributed by atoms with E-state index in [0.717, 1.165) is 31.2 Å². The molecule has 6 nitrogen and oxygen atoms in total. The van der Waals surface area contributed by atoms with Crippen LogP contribution in [0.3, 0.4) is 0 Å². The number of H-pyrrole nitrogens is 1. The number of piperazine rings is 1. The quantitative estimate of drug-likeness (QED) is 0.787. The van der Waals surface area contributed by atoms with E-state index in [1.165, 1.54) is 0 Å². The molecular formula is C16H17N3O3S. The van der Waals surface area contributed by atoms with E-state index in [1.54, 1.807) is 23.1 Å². The Morgan fingerprint density at radius 3 is 3.00 bits per heavy atom. The Balaban J connectivity index is 1.67. The lowest BCUT2D eigenvalue weighted by Gasteiger charge is -2.43. The minimum atomic E-state index is -0.124. The van der Waals surface area contributed by atoms with Crippen LogP contribution < -0.4 is 5.32 Å². The van der Waals surface area contributed by atoms with E-state index in [-0.39, 0.29) is 35.3 Å². The zero-order chi connectivity index (χ0) is 16.0. The van der Waals surface area contributed by atoms with Gasteiger partial charge in [-0.25, -0.2) is 0 Å². The molecule has 1 saturated carbocycles. The molecule has 0 spiro atoms. The van der Waals surface area contributed by atoms with Gasteiger partial charge >= 0.3 is 0 Å². The van der Waals surface area contributed by atoms with Crippen molar-refractivity contribution in [3.8, 4) is 0 Å². The monoisotopic (exact) mass is 331 g/mol. The van der Waals surface area contributed by atoms with Gasteiger partial charge < -0.3 is 19.6 Å². The molecule has 1 saturated heterocycles. The molecular weight excluding hydrogens is 314 g/mol. The molecule has 23 heavy (non-hydrogen) atoms. The second-order valence-electron chi connectivity index (χ2n) is 6.18. The number of nitrogens with zero attached hydrogens (tertiary/aromatic N) is 1. The molecule has 7 heteroatoms. The Morgan fingerprint density at radius 1 is 1.30 bits per heavy atom. The number of hydrogen-bond acceptors (Lipinski definition) is 4. The molecule has 2 amide bonds. The molecule has 2 atom stereocenters. The van der Waals surface area contributed by atoms with Crippen molar-refractivity contribution in [1.82, 2.24) is 15.2 Å². The van der Waals surface area contributed by atoms with Gasteiger partial charge in [0.15, 0.2) is 5.58 Å². The van der Waals surface area contributed by atoms with Crippen LogP contribution in [-0.4, -0.2) is 40.3 Å². The molecule has 1 aromatic carbocycles. The van der Waals surface area contributed by atoms with E-state index in [1.807, 2.05) is 0 Å². The van der Waals surface area contributed by atoms with Gasteiger partial charge in [0.2, 0.25) is 5.91 Å². The molecule has 1 aliphatic heterocycles. The fourth-order valence-electron chi connectivity index (χ4n) is 3.64. The van der Waals surface area contributed by atoms with Gasteiger partial charge in [0.05, 0.1) is 11.6 Å².